The van der Waals surface area contributed by atoms with Crippen molar-refractivity contribution in [3.63, 3.8) is 0 Å². The molecular formula is C21H20OS. The molecule has 0 bridgehead atoms. The Morgan fingerprint density at radius 2 is 1.43 bits per heavy atom. The van der Waals surface area contributed by atoms with Crippen LogP contribution in [0.2, 0.25) is 0 Å². The normalized spacial score (nSPS) is 11.9. The van der Waals surface area contributed by atoms with Crippen LogP contribution in [0.15, 0.2) is 54.6 Å². The lowest BCUT2D eigenvalue weighted by molar-refractivity contribution is 0.119. The SMILES string of the molecule is SCCCCOCc1ccc2ccc3cccc4ccc1c2c34. The summed E-state index contributed by atoms with van der Waals surface area (Å²) in [5.74, 6) is 0.933. The molecule has 23 heavy (non-hydrogen) atoms. The van der Waals surface area contributed by atoms with E-state index in [4.69, 9.17) is 4.74 Å². The second-order valence-electron chi connectivity index (χ2n) is 6.06. The van der Waals surface area contributed by atoms with Crippen molar-refractivity contribution in [2.24, 2.45) is 0 Å². The minimum atomic E-state index is 0.681. The molecule has 0 heterocycles. The molecule has 0 unspecified atom stereocenters. The maximum absolute atomic E-state index is 5.88. The molecule has 4 rings (SSSR count). The summed E-state index contributed by atoms with van der Waals surface area (Å²) in [6, 6.07) is 19.9. The average Bonchev–Trinajstić information content (AvgIpc) is 2.60. The van der Waals surface area contributed by atoms with Crippen LogP contribution in [0.3, 0.4) is 0 Å². The second kappa shape index (κ2) is 6.38. The second-order valence-corrected chi connectivity index (χ2v) is 6.51. The molecule has 0 atom stereocenters. The molecule has 2 heteroatoms. The Kier molecular flexibility index (Phi) is 4.11. The highest BCUT2D eigenvalue weighted by atomic mass is 32.1. The van der Waals surface area contributed by atoms with Gasteiger partial charge in [0.2, 0.25) is 0 Å². The van der Waals surface area contributed by atoms with E-state index in [-0.39, 0.29) is 0 Å². The van der Waals surface area contributed by atoms with Gasteiger partial charge in [0.15, 0.2) is 0 Å². The van der Waals surface area contributed by atoms with E-state index in [0.717, 1.165) is 25.2 Å². The lowest BCUT2D eigenvalue weighted by atomic mass is 9.92. The van der Waals surface area contributed by atoms with Gasteiger partial charge in [0.25, 0.3) is 0 Å². The van der Waals surface area contributed by atoms with Crippen molar-refractivity contribution in [3.8, 4) is 0 Å². The average molecular weight is 320 g/mol. The summed E-state index contributed by atoms with van der Waals surface area (Å²) in [6.45, 7) is 1.49. The molecule has 0 aromatic heterocycles. The van der Waals surface area contributed by atoms with Gasteiger partial charge in [0.1, 0.15) is 0 Å². The largest absolute Gasteiger partial charge is 0.377 e. The Bertz CT molecular complexity index is 929. The number of hydrogen-bond acceptors (Lipinski definition) is 2. The zero-order valence-electron chi connectivity index (χ0n) is 13.1. The van der Waals surface area contributed by atoms with Gasteiger partial charge in [-0.15, -0.1) is 0 Å². The topological polar surface area (TPSA) is 9.23 Å². The monoisotopic (exact) mass is 320 g/mol. The molecule has 4 aromatic carbocycles. The van der Waals surface area contributed by atoms with E-state index in [1.165, 1.54) is 37.9 Å². The summed E-state index contributed by atoms with van der Waals surface area (Å²) >= 11 is 4.24. The Morgan fingerprint density at radius 3 is 2.22 bits per heavy atom. The molecule has 4 aromatic rings. The maximum Gasteiger partial charge on any atom is 0.0722 e. The summed E-state index contributed by atoms with van der Waals surface area (Å²) in [7, 11) is 0. The molecule has 116 valence electrons. The summed E-state index contributed by atoms with van der Waals surface area (Å²) in [5.41, 5.74) is 1.28. The highest BCUT2D eigenvalue weighted by molar-refractivity contribution is 7.80. The fourth-order valence-corrected chi connectivity index (χ4v) is 3.64. The van der Waals surface area contributed by atoms with Crippen LogP contribution in [0.25, 0.3) is 32.3 Å². The minimum absolute atomic E-state index is 0.681. The Hall–Kier alpha value is -1.77. The fraction of sp³-hybridized carbons (Fsp3) is 0.238. The lowest BCUT2D eigenvalue weighted by Gasteiger charge is -2.14. The van der Waals surface area contributed by atoms with Crippen LogP contribution >= 0.6 is 12.6 Å². The van der Waals surface area contributed by atoms with Crippen LogP contribution in [-0.2, 0) is 11.3 Å². The van der Waals surface area contributed by atoms with Gasteiger partial charge in [-0.1, -0.05) is 54.6 Å². The van der Waals surface area contributed by atoms with Crippen molar-refractivity contribution in [3.05, 3.63) is 60.2 Å². The molecule has 0 aliphatic heterocycles. The van der Waals surface area contributed by atoms with E-state index in [0.29, 0.717) is 6.61 Å². The van der Waals surface area contributed by atoms with E-state index in [2.05, 4.69) is 67.2 Å². The van der Waals surface area contributed by atoms with Crippen LogP contribution in [0, 0.1) is 0 Å². The number of benzene rings is 4. The zero-order chi connectivity index (χ0) is 15.6. The summed E-state index contributed by atoms with van der Waals surface area (Å²) in [6.07, 6.45) is 2.19. The molecule has 0 amide bonds. The molecule has 0 aliphatic rings. The predicted octanol–water partition coefficient (Wildman–Crippen LogP) is 5.81. The van der Waals surface area contributed by atoms with Gasteiger partial charge in [0.05, 0.1) is 6.61 Å². The summed E-state index contributed by atoms with van der Waals surface area (Å²) < 4.78 is 5.88. The number of rotatable bonds is 6. The molecule has 0 aliphatic carbocycles. The van der Waals surface area contributed by atoms with Gasteiger partial charge in [-0.3, -0.25) is 0 Å². The maximum atomic E-state index is 5.88. The highest BCUT2D eigenvalue weighted by Crippen LogP contribution is 2.35. The molecule has 0 fully saturated rings. The standard InChI is InChI=1S/C21H20OS/c23-13-2-1-12-22-14-18-9-8-17-7-6-15-4-3-5-16-10-11-19(18)21(17)20(15)16/h3-11,23H,1-2,12-14H2. The van der Waals surface area contributed by atoms with Crippen LogP contribution in [0.5, 0.6) is 0 Å². The third-order valence-electron chi connectivity index (χ3n) is 4.57. The van der Waals surface area contributed by atoms with Gasteiger partial charge < -0.3 is 4.74 Å². The molecule has 0 N–H and O–H groups in total. The number of thiol groups is 1. The van der Waals surface area contributed by atoms with E-state index in [9.17, 15) is 0 Å². The third kappa shape index (κ3) is 2.66. The molecule has 0 saturated carbocycles. The van der Waals surface area contributed by atoms with Gasteiger partial charge >= 0.3 is 0 Å². The van der Waals surface area contributed by atoms with Crippen LogP contribution < -0.4 is 0 Å². The smallest absolute Gasteiger partial charge is 0.0722 e. The van der Waals surface area contributed by atoms with Crippen molar-refractivity contribution in [1.29, 1.82) is 0 Å². The van der Waals surface area contributed by atoms with Crippen molar-refractivity contribution in [1.82, 2.24) is 0 Å². The van der Waals surface area contributed by atoms with Gasteiger partial charge in [0, 0.05) is 6.61 Å². The van der Waals surface area contributed by atoms with Gasteiger partial charge in [-0.2, -0.15) is 12.6 Å². The minimum Gasteiger partial charge on any atom is -0.377 e. The first-order valence-electron chi connectivity index (χ1n) is 8.22. The summed E-state index contributed by atoms with van der Waals surface area (Å²) in [5, 5.41) is 8.00. The van der Waals surface area contributed by atoms with E-state index in [1.54, 1.807) is 0 Å². The quantitative estimate of drug-likeness (QED) is 0.268. The Balaban J connectivity index is 1.77. The molecule has 0 radical (unpaired) electrons. The fourth-order valence-electron chi connectivity index (χ4n) is 3.42. The Labute approximate surface area is 142 Å². The van der Waals surface area contributed by atoms with Crippen molar-refractivity contribution < 1.29 is 4.74 Å². The molecule has 0 saturated heterocycles. The number of unbranched alkanes of at least 4 members (excludes halogenated alkanes) is 1. The number of hydrogen-bond donors (Lipinski definition) is 1. The van der Waals surface area contributed by atoms with Crippen LogP contribution in [-0.4, -0.2) is 12.4 Å². The molecular weight excluding hydrogens is 300 g/mol. The predicted molar refractivity (Wildman–Crippen MR) is 103 cm³/mol. The number of ether oxygens (including phenoxy) is 1. The van der Waals surface area contributed by atoms with E-state index >= 15 is 0 Å². The lowest BCUT2D eigenvalue weighted by Crippen LogP contribution is -1.97. The van der Waals surface area contributed by atoms with Gasteiger partial charge in [-0.05, 0) is 56.5 Å². The van der Waals surface area contributed by atoms with Gasteiger partial charge in [-0.25, -0.2) is 0 Å². The van der Waals surface area contributed by atoms with Crippen molar-refractivity contribution >= 4 is 44.9 Å². The first-order valence-corrected chi connectivity index (χ1v) is 8.86. The third-order valence-corrected chi connectivity index (χ3v) is 4.89. The first-order chi connectivity index (χ1) is 11.4. The highest BCUT2D eigenvalue weighted by Gasteiger charge is 2.10. The molecule has 1 nitrogen and oxygen atoms in total. The van der Waals surface area contributed by atoms with E-state index in [1.807, 2.05) is 0 Å². The Morgan fingerprint density at radius 1 is 0.739 bits per heavy atom. The van der Waals surface area contributed by atoms with E-state index < -0.39 is 0 Å². The van der Waals surface area contributed by atoms with Crippen LogP contribution in [0.1, 0.15) is 18.4 Å². The van der Waals surface area contributed by atoms with Crippen molar-refractivity contribution in [2.75, 3.05) is 12.4 Å². The molecule has 0 spiro atoms. The van der Waals surface area contributed by atoms with Crippen LogP contribution in [0.4, 0.5) is 0 Å². The van der Waals surface area contributed by atoms with Crippen molar-refractivity contribution in [2.45, 2.75) is 19.4 Å². The zero-order valence-corrected chi connectivity index (χ0v) is 14.0. The summed E-state index contributed by atoms with van der Waals surface area (Å²) in [4.78, 5) is 0. The first kappa shape index (κ1) is 14.8.